The quantitative estimate of drug-likeness (QED) is 0.789. The van der Waals surface area contributed by atoms with Gasteiger partial charge in [-0.2, -0.15) is 0 Å². The Kier molecular flexibility index (Phi) is 4.26. The number of benzene rings is 1. The lowest BCUT2D eigenvalue weighted by molar-refractivity contribution is 0.195. The topological polar surface area (TPSA) is 71.5 Å². The molecule has 0 aliphatic carbocycles. The highest BCUT2D eigenvalue weighted by molar-refractivity contribution is 7.97. The first-order chi connectivity index (χ1) is 11.9. The van der Waals surface area contributed by atoms with Crippen LogP contribution < -0.4 is 0 Å². The van der Waals surface area contributed by atoms with Crippen molar-refractivity contribution in [2.45, 2.75) is 28.5 Å². The fourth-order valence-corrected chi connectivity index (χ4v) is 9.86. The van der Waals surface area contributed by atoms with E-state index in [-0.39, 0.29) is 15.7 Å². The maximum atomic E-state index is 13.0. The first-order valence-corrected chi connectivity index (χ1v) is 12.4. The van der Waals surface area contributed by atoms with Crippen molar-refractivity contribution in [2.75, 3.05) is 18.1 Å². The van der Waals surface area contributed by atoms with Gasteiger partial charge in [0.25, 0.3) is 0 Å². The molecule has 8 heteroatoms. The molecule has 1 fully saturated rings. The van der Waals surface area contributed by atoms with Crippen LogP contribution in [0.1, 0.15) is 11.1 Å². The monoisotopic (exact) mass is 397 g/mol. The minimum atomic E-state index is -3.64. The molecule has 2 aliphatic heterocycles. The van der Waals surface area contributed by atoms with Gasteiger partial charge in [0.1, 0.15) is 4.21 Å². The average Bonchev–Trinajstić information content (AvgIpc) is 3.22. The van der Waals surface area contributed by atoms with Gasteiger partial charge >= 0.3 is 0 Å². The molecule has 1 aromatic heterocycles. The van der Waals surface area contributed by atoms with Crippen molar-refractivity contribution in [1.29, 1.82) is 0 Å². The number of fused-ring (bicyclic) bond motifs is 1. The van der Waals surface area contributed by atoms with Gasteiger partial charge in [-0.05, 0) is 29.0 Å². The zero-order valence-electron chi connectivity index (χ0n) is 13.5. The Bertz CT molecular complexity index is 981. The largest absolute Gasteiger partial charge is 0.293 e. The summed E-state index contributed by atoms with van der Waals surface area (Å²) in [5.74, 6) is -0.361. The maximum Gasteiger partial charge on any atom is 0.193 e. The predicted octanol–water partition coefficient (Wildman–Crippen LogP) is 1.75. The fourth-order valence-electron chi connectivity index (χ4n) is 3.81. The fraction of sp³-hybridized carbons (Fsp3) is 0.412. The summed E-state index contributed by atoms with van der Waals surface area (Å²) in [7, 11) is -7.01. The van der Waals surface area contributed by atoms with Crippen molar-refractivity contribution < 1.29 is 16.8 Å². The van der Waals surface area contributed by atoms with Crippen molar-refractivity contribution in [3.8, 4) is 0 Å². The van der Waals surface area contributed by atoms with Crippen LogP contribution >= 0.6 is 11.3 Å². The Balaban J connectivity index is 1.68. The van der Waals surface area contributed by atoms with Crippen molar-refractivity contribution in [3.63, 3.8) is 0 Å². The van der Waals surface area contributed by atoms with Crippen molar-refractivity contribution >= 4 is 31.0 Å². The lowest BCUT2D eigenvalue weighted by atomic mass is 9.98. The molecule has 134 valence electrons. The van der Waals surface area contributed by atoms with E-state index < -0.39 is 31.0 Å². The third kappa shape index (κ3) is 3.16. The zero-order valence-corrected chi connectivity index (χ0v) is 16.0. The molecule has 3 heterocycles. The number of hydrogen-bond donors (Lipinski definition) is 0. The molecule has 25 heavy (non-hydrogen) atoms. The molecule has 2 aromatic rings. The van der Waals surface area contributed by atoms with E-state index in [1.807, 2.05) is 23.1 Å². The third-order valence-electron chi connectivity index (χ3n) is 5.08. The second kappa shape index (κ2) is 6.19. The van der Waals surface area contributed by atoms with Crippen LogP contribution in [0, 0.1) is 0 Å². The van der Waals surface area contributed by atoms with Gasteiger partial charge in [0, 0.05) is 19.1 Å². The molecule has 1 aromatic carbocycles. The lowest BCUT2D eigenvalue weighted by Gasteiger charge is -2.35. The normalized spacial score (nSPS) is 26.4. The Morgan fingerprint density at radius 3 is 2.52 bits per heavy atom. The second-order valence-electron chi connectivity index (χ2n) is 6.65. The van der Waals surface area contributed by atoms with Crippen LogP contribution in [-0.2, 0) is 32.6 Å². The summed E-state index contributed by atoms with van der Waals surface area (Å²) in [5.41, 5.74) is 2.42. The highest BCUT2D eigenvalue weighted by atomic mass is 32.2. The molecule has 2 unspecified atom stereocenters. The van der Waals surface area contributed by atoms with Crippen LogP contribution in [0.5, 0.6) is 0 Å². The van der Waals surface area contributed by atoms with E-state index in [1.54, 1.807) is 17.5 Å². The molecule has 0 N–H and O–H groups in total. The lowest BCUT2D eigenvalue weighted by Crippen LogP contribution is -2.48. The molecule has 2 atom stereocenters. The molecule has 0 spiro atoms. The first-order valence-electron chi connectivity index (χ1n) is 8.15. The Morgan fingerprint density at radius 2 is 1.80 bits per heavy atom. The van der Waals surface area contributed by atoms with E-state index in [0.29, 0.717) is 13.1 Å². The van der Waals surface area contributed by atoms with Crippen LogP contribution in [-0.4, -0.2) is 51.1 Å². The Labute approximate surface area is 152 Å². The van der Waals surface area contributed by atoms with Gasteiger partial charge in [-0.25, -0.2) is 16.8 Å². The minimum absolute atomic E-state index is 0.0789. The smallest absolute Gasteiger partial charge is 0.193 e. The van der Waals surface area contributed by atoms with Crippen LogP contribution in [0.25, 0.3) is 0 Å². The molecular formula is C17H19NO4S3. The van der Waals surface area contributed by atoms with Gasteiger partial charge < -0.3 is 0 Å². The van der Waals surface area contributed by atoms with E-state index in [4.69, 9.17) is 0 Å². The number of hydrogen-bond acceptors (Lipinski definition) is 6. The summed E-state index contributed by atoms with van der Waals surface area (Å²) in [5, 5.41) is 0.823. The highest BCUT2D eigenvalue weighted by Crippen LogP contribution is 2.33. The number of thiophene rings is 1. The zero-order chi connectivity index (χ0) is 17.7. The molecule has 2 aliphatic rings. The summed E-state index contributed by atoms with van der Waals surface area (Å²) in [4.78, 5) is 2.04. The minimum Gasteiger partial charge on any atom is -0.293 e. The van der Waals surface area contributed by atoms with Crippen molar-refractivity contribution in [1.82, 2.24) is 4.90 Å². The van der Waals surface area contributed by atoms with E-state index in [0.717, 1.165) is 23.3 Å². The molecular weight excluding hydrogens is 378 g/mol. The Hall–Kier alpha value is -1.22. The third-order valence-corrected chi connectivity index (χ3v) is 10.6. The molecule has 0 radical (unpaired) electrons. The maximum absolute atomic E-state index is 13.0. The van der Waals surface area contributed by atoms with Gasteiger partial charge in [-0.15, -0.1) is 11.3 Å². The average molecular weight is 398 g/mol. The molecule has 0 saturated carbocycles. The van der Waals surface area contributed by atoms with E-state index in [1.165, 1.54) is 5.56 Å². The molecule has 1 saturated heterocycles. The van der Waals surface area contributed by atoms with Gasteiger partial charge in [0.2, 0.25) is 0 Å². The number of sulfone groups is 2. The summed E-state index contributed by atoms with van der Waals surface area (Å²) < 4.78 is 50.8. The predicted molar refractivity (Wildman–Crippen MR) is 98.3 cm³/mol. The van der Waals surface area contributed by atoms with Crippen LogP contribution in [0.15, 0.2) is 46.0 Å². The van der Waals surface area contributed by atoms with Crippen LogP contribution in [0.2, 0.25) is 0 Å². The van der Waals surface area contributed by atoms with Gasteiger partial charge in [-0.1, -0.05) is 30.3 Å². The van der Waals surface area contributed by atoms with E-state index in [9.17, 15) is 16.8 Å². The van der Waals surface area contributed by atoms with Crippen molar-refractivity contribution in [3.05, 3.63) is 52.9 Å². The first kappa shape index (κ1) is 17.2. The van der Waals surface area contributed by atoms with E-state index >= 15 is 0 Å². The molecule has 5 nitrogen and oxygen atoms in total. The van der Waals surface area contributed by atoms with E-state index in [2.05, 4.69) is 6.07 Å². The SMILES string of the molecule is O=S1(=O)CC(N2CCc3ccccc3C2)C(S(=O)(=O)c2cccs2)C1. The van der Waals surface area contributed by atoms with Crippen LogP contribution in [0.3, 0.4) is 0 Å². The van der Waals surface area contributed by atoms with Crippen molar-refractivity contribution in [2.24, 2.45) is 0 Å². The molecule has 4 rings (SSSR count). The Morgan fingerprint density at radius 1 is 1.04 bits per heavy atom. The van der Waals surface area contributed by atoms with Gasteiger partial charge in [-0.3, -0.25) is 4.90 Å². The highest BCUT2D eigenvalue weighted by Gasteiger charge is 2.48. The summed E-state index contributed by atoms with van der Waals surface area (Å²) in [6, 6.07) is 10.9. The standard InChI is InChI=1S/C17H19NO4S3/c19-24(20)11-15(16(12-24)25(21,22)17-6-3-9-23-17)18-8-7-13-4-1-2-5-14(13)10-18/h1-6,9,15-16H,7-8,10-12H2. The van der Waals surface area contributed by atoms with Gasteiger partial charge in [0.15, 0.2) is 19.7 Å². The summed E-state index contributed by atoms with van der Waals surface area (Å²) in [6.45, 7) is 1.29. The summed E-state index contributed by atoms with van der Waals surface area (Å²) in [6.07, 6.45) is 0.818. The second-order valence-corrected chi connectivity index (χ2v) is 12.1. The van der Waals surface area contributed by atoms with Crippen LogP contribution in [0.4, 0.5) is 0 Å². The summed E-state index contributed by atoms with van der Waals surface area (Å²) >= 11 is 1.15. The number of nitrogens with zero attached hydrogens (tertiary/aromatic N) is 1. The molecule has 0 amide bonds. The molecule has 0 bridgehead atoms. The number of rotatable bonds is 3. The van der Waals surface area contributed by atoms with Gasteiger partial charge in [0.05, 0.1) is 16.8 Å².